The molecule has 0 unspecified atom stereocenters. The number of nitriles is 1. The van der Waals surface area contributed by atoms with Crippen molar-refractivity contribution in [2.45, 2.75) is 57.9 Å². The zero-order valence-electron chi connectivity index (χ0n) is 38.0. The van der Waals surface area contributed by atoms with E-state index in [4.69, 9.17) is 4.74 Å². The van der Waals surface area contributed by atoms with Crippen molar-refractivity contribution >= 4 is 67.1 Å². The number of urea groups is 1. The fraction of sp³-hybridized carbons (Fsp3) is 0.457. The van der Waals surface area contributed by atoms with Gasteiger partial charge in [-0.05, 0) is 86.4 Å². The maximum atomic E-state index is 15.7. The van der Waals surface area contributed by atoms with E-state index >= 15 is 8.78 Å². The summed E-state index contributed by atoms with van der Waals surface area (Å²) in [5.41, 5.74) is 0.745. The van der Waals surface area contributed by atoms with E-state index in [1.54, 1.807) is 41.7 Å². The number of likely N-dealkylation sites (tertiary alicyclic amines) is 1. The third kappa shape index (κ3) is 8.92. The van der Waals surface area contributed by atoms with Crippen LogP contribution in [0.2, 0.25) is 0 Å². The molecular formula is C46H52F2N12O7S. The number of fused-ring (bicyclic) bond motifs is 2. The van der Waals surface area contributed by atoms with E-state index in [0.717, 1.165) is 55.0 Å². The van der Waals surface area contributed by atoms with E-state index in [-0.39, 0.29) is 77.3 Å². The van der Waals surface area contributed by atoms with Gasteiger partial charge in [0.1, 0.15) is 23.2 Å². The third-order valence-corrected chi connectivity index (χ3v) is 15.7. The van der Waals surface area contributed by atoms with Gasteiger partial charge in [0.05, 0.1) is 40.7 Å². The van der Waals surface area contributed by atoms with Crippen LogP contribution in [0.25, 0.3) is 21.8 Å². The number of anilines is 3. The normalized spacial score (nSPS) is 18.4. The summed E-state index contributed by atoms with van der Waals surface area (Å²) in [5, 5.41) is 17.4. The number of piperidine rings is 1. The Labute approximate surface area is 391 Å². The van der Waals surface area contributed by atoms with Gasteiger partial charge in [-0.2, -0.15) is 23.1 Å². The van der Waals surface area contributed by atoms with Gasteiger partial charge in [-0.25, -0.2) is 18.6 Å². The molecule has 9 rings (SSSR count). The number of carbonyl (C=O) groups excluding carboxylic acids is 3. The lowest BCUT2D eigenvalue weighted by molar-refractivity contribution is -0.135. The van der Waals surface area contributed by atoms with Gasteiger partial charge in [0.15, 0.2) is 17.4 Å². The predicted octanol–water partition coefficient (Wildman–Crippen LogP) is 4.83. The lowest BCUT2D eigenvalue weighted by Crippen LogP contribution is -2.52. The van der Waals surface area contributed by atoms with Crippen molar-refractivity contribution in [3.8, 4) is 17.6 Å². The van der Waals surface area contributed by atoms with Crippen LogP contribution >= 0.6 is 0 Å². The molecule has 358 valence electrons. The number of nitrogens with zero attached hydrogens (tertiary/aromatic N) is 10. The Kier molecular flexibility index (Phi) is 12.6. The van der Waals surface area contributed by atoms with Crippen molar-refractivity contribution < 1.29 is 36.3 Å². The van der Waals surface area contributed by atoms with Crippen molar-refractivity contribution in [2.24, 2.45) is 12.5 Å². The van der Waals surface area contributed by atoms with Crippen molar-refractivity contribution in [3.05, 3.63) is 76.3 Å². The van der Waals surface area contributed by atoms with Gasteiger partial charge in [-0.15, -0.1) is 0 Å². The quantitative estimate of drug-likeness (QED) is 0.183. The van der Waals surface area contributed by atoms with Crippen molar-refractivity contribution in [2.75, 3.05) is 80.5 Å². The number of benzene rings is 3. The lowest BCUT2D eigenvalue weighted by atomic mass is 9.67. The van der Waals surface area contributed by atoms with Gasteiger partial charge in [-0.1, -0.05) is 6.92 Å². The summed E-state index contributed by atoms with van der Waals surface area (Å²) in [4.78, 5) is 63.7. The highest BCUT2D eigenvalue weighted by Crippen LogP contribution is 2.47. The van der Waals surface area contributed by atoms with Crippen LogP contribution in [-0.2, 0) is 26.8 Å². The van der Waals surface area contributed by atoms with Crippen LogP contribution in [0.3, 0.4) is 0 Å². The Bertz CT molecular complexity index is 3040. The van der Waals surface area contributed by atoms with Gasteiger partial charge in [-0.3, -0.25) is 43.5 Å². The molecule has 0 radical (unpaired) electrons. The summed E-state index contributed by atoms with van der Waals surface area (Å²) in [5.74, 6) is -1.75. The molecule has 4 fully saturated rings. The first-order valence-corrected chi connectivity index (χ1v) is 24.2. The predicted molar refractivity (Wildman–Crippen MR) is 249 cm³/mol. The number of imide groups is 1. The minimum Gasteiger partial charge on any atom is -0.453 e. The molecule has 0 bridgehead atoms. The lowest BCUT2D eigenvalue weighted by Gasteiger charge is -2.46. The van der Waals surface area contributed by atoms with Crippen LogP contribution in [0, 0.1) is 28.4 Å². The Morgan fingerprint density at radius 2 is 1.71 bits per heavy atom. The molecule has 2 N–H and O–H groups in total. The first kappa shape index (κ1) is 46.4. The number of aromatic nitrogens is 4. The van der Waals surface area contributed by atoms with Gasteiger partial charge >= 0.3 is 16.2 Å². The molecule has 68 heavy (non-hydrogen) atoms. The largest absolute Gasteiger partial charge is 0.453 e. The second-order valence-corrected chi connectivity index (χ2v) is 19.8. The topological polar surface area (TPSA) is 211 Å². The SMILES string of the molecule is CCN(C)S(=O)(=O)Nc1ccc(F)c(Oc2ccc3ncn(C4CCC5(CC4)CCN(C(=O)CN4CCN(c6cc7c(cc6F)c(N6CCC(=O)NC6=O)nn7C)CC4)CC5)c(=O)c3c2)c1C#N. The molecular weight excluding hydrogens is 903 g/mol. The number of nitrogens with one attached hydrogen (secondary N) is 2. The van der Waals surface area contributed by atoms with Crippen molar-refractivity contribution in [3.63, 3.8) is 0 Å². The van der Waals surface area contributed by atoms with Crippen LogP contribution in [0.5, 0.6) is 11.5 Å². The van der Waals surface area contributed by atoms with E-state index in [1.807, 2.05) is 15.9 Å². The standard InChI is InChI=1S/C46H52F2N12O7S/c1-4-54(2)68(65,66)53-37-8-6-34(47)42(33(37)26-49)67-30-5-7-36-31(23-30)44(63)60(28-50-36)29-9-12-46(13-10-29)14-17-58(18-15-46)41(62)27-56-19-21-57(22-20-56)39-25-38-32(24-35(39)48)43(52-55(38)3)59-16-11-40(61)51-45(59)64/h5-8,23-25,28-29,53H,4,9-22,27H2,1-3H3,(H,51,61,64). The van der Waals surface area contributed by atoms with Crippen LogP contribution in [0.1, 0.15) is 63.5 Å². The minimum atomic E-state index is -4.02. The third-order valence-electron chi connectivity index (χ3n) is 14.2. The Balaban J connectivity index is 0.781. The summed E-state index contributed by atoms with van der Waals surface area (Å²) in [6.07, 6.45) is 6.69. The summed E-state index contributed by atoms with van der Waals surface area (Å²) < 4.78 is 68.6. The van der Waals surface area contributed by atoms with E-state index < -0.39 is 33.6 Å². The molecule has 3 aliphatic heterocycles. The molecule has 4 amide bonds. The van der Waals surface area contributed by atoms with E-state index in [0.29, 0.717) is 67.2 Å². The van der Waals surface area contributed by atoms with Crippen molar-refractivity contribution in [1.82, 2.24) is 38.8 Å². The van der Waals surface area contributed by atoms with Crippen LogP contribution in [-0.4, -0.2) is 126 Å². The number of amides is 4. The van der Waals surface area contributed by atoms with E-state index in [1.165, 1.54) is 30.1 Å². The summed E-state index contributed by atoms with van der Waals surface area (Å²) >= 11 is 0. The summed E-state index contributed by atoms with van der Waals surface area (Å²) in [7, 11) is -0.933. The van der Waals surface area contributed by atoms with Gasteiger partial charge in [0, 0.05) is 84.3 Å². The van der Waals surface area contributed by atoms with Crippen LogP contribution in [0.15, 0.2) is 53.6 Å². The zero-order valence-corrected chi connectivity index (χ0v) is 38.8. The molecule has 19 nitrogen and oxygen atoms in total. The highest BCUT2D eigenvalue weighted by Gasteiger charge is 2.40. The van der Waals surface area contributed by atoms with Crippen molar-refractivity contribution in [1.29, 1.82) is 5.26 Å². The number of hydrogen-bond acceptors (Lipinski definition) is 12. The first-order valence-electron chi connectivity index (χ1n) is 22.7. The smallest absolute Gasteiger partial charge is 0.329 e. The number of halogens is 2. The maximum Gasteiger partial charge on any atom is 0.329 e. The monoisotopic (exact) mass is 954 g/mol. The fourth-order valence-electron chi connectivity index (χ4n) is 9.91. The second-order valence-electron chi connectivity index (χ2n) is 18.1. The fourth-order valence-corrected chi connectivity index (χ4v) is 10.9. The second kappa shape index (κ2) is 18.4. The Morgan fingerprint density at radius 1 is 0.971 bits per heavy atom. The van der Waals surface area contributed by atoms with E-state index in [9.17, 15) is 32.9 Å². The molecule has 22 heteroatoms. The van der Waals surface area contributed by atoms with Gasteiger partial charge in [0.25, 0.3) is 5.56 Å². The molecule has 1 saturated carbocycles. The Morgan fingerprint density at radius 3 is 2.40 bits per heavy atom. The average Bonchev–Trinajstić information content (AvgIpc) is 3.64. The number of piperazine rings is 1. The molecule has 3 aromatic carbocycles. The number of ether oxygens (including phenoxy) is 1. The molecule has 1 spiro atoms. The maximum absolute atomic E-state index is 15.7. The minimum absolute atomic E-state index is 0.0596. The number of rotatable bonds is 11. The highest BCUT2D eigenvalue weighted by molar-refractivity contribution is 7.90. The molecule has 2 aromatic heterocycles. The van der Waals surface area contributed by atoms with Crippen LogP contribution < -0.4 is 30.1 Å². The summed E-state index contributed by atoms with van der Waals surface area (Å²) in [6, 6.07) is 10.9. The average molecular weight is 955 g/mol. The number of aryl methyl sites for hydroxylation is 1. The molecule has 5 aromatic rings. The number of carbonyl (C=O) groups is 3. The van der Waals surface area contributed by atoms with Crippen LogP contribution in [0.4, 0.5) is 30.8 Å². The summed E-state index contributed by atoms with van der Waals surface area (Å²) in [6.45, 7) is 5.74. The molecule has 4 aliphatic rings. The molecule has 1 aliphatic carbocycles. The number of hydrogen-bond donors (Lipinski definition) is 2. The molecule has 0 atom stereocenters. The molecule has 5 heterocycles. The first-order chi connectivity index (χ1) is 32.6. The highest BCUT2D eigenvalue weighted by atomic mass is 32.2. The van der Waals surface area contributed by atoms with Gasteiger partial charge < -0.3 is 14.5 Å². The van der Waals surface area contributed by atoms with E-state index in [2.05, 4.69) is 25.0 Å². The molecule has 3 saturated heterocycles. The zero-order chi connectivity index (χ0) is 48.1. The van der Waals surface area contributed by atoms with Gasteiger partial charge in [0.2, 0.25) is 11.8 Å². The Hall–Kier alpha value is -6.70.